The lowest BCUT2D eigenvalue weighted by Crippen LogP contribution is -2.08. The number of methoxy groups -OCH3 is 1. The number of hydrogen-bond donors (Lipinski definition) is 1. The van der Waals surface area contributed by atoms with Crippen molar-refractivity contribution in [2.45, 2.75) is 13.2 Å². The molecule has 0 aliphatic carbocycles. The van der Waals surface area contributed by atoms with Gasteiger partial charge in [0.05, 0.1) is 17.9 Å². The van der Waals surface area contributed by atoms with Crippen LogP contribution in [0.4, 0.5) is 0 Å². The van der Waals surface area contributed by atoms with E-state index < -0.39 is 5.97 Å². The summed E-state index contributed by atoms with van der Waals surface area (Å²) >= 11 is 0. The molecule has 94 valence electrons. The molecule has 1 N–H and O–H groups in total. The molecular formula is C14H15NO3. The predicted molar refractivity (Wildman–Crippen MR) is 67.6 cm³/mol. The van der Waals surface area contributed by atoms with Gasteiger partial charge in [0, 0.05) is 19.9 Å². The third-order valence-corrected chi connectivity index (χ3v) is 2.79. The molecule has 1 aromatic carbocycles. The molecule has 0 spiro atoms. The highest BCUT2D eigenvalue weighted by atomic mass is 16.5. The number of carbonyl (C=O) groups is 1. The van der Waals surface area contributed by atoms with E-state index in [4.69, 9.17) is 9.84 Å². The second-order valence-corrected chi connectivity index (χ2v) is 4.03. The summed E-state index contributed by atoms with van der Waals surface area (Å²) in [6.45, 7) is 0.939. The highest BCUT2D eigenvalue weighted by Crippen LogP contribution is 2.15. The van der Waals surface area contributed by atoms with Crippen LogP contribution in [-0.4, -0.2) is 22.8 Å². The third kappa shape index (κ3) is 2.60. The molecule has 0 atom stereocenters. The Hall–Kier alpha value is -2.07. The van der Waals surface area contributed by atoms with Gasteiger partial charge < -0.3 is 14.4 Å². The lowest BCUT2D eigenvalue weighted by Gasteiger charge is -2.09. The number of carboxylic acids is 1. The minimum Gasteiger partial charge on any atom is -0.478 e. The Bertz CT molecular complexity index is 531. The van der Waals surface area contributed by atoms with Gasteiger partial charge in [0.15, 0.2) is 0 Å². The Balaban J connectivity index is 2.30. The van der Waals surface area contributed by atoms with Crippen LogP contribution in [0.5, 0.6) is 0 Å². The number of rotatable bonds is 5. The molecule has 4 heteroatoms. The SMILES string of the molecule is COCc1c(C(=O)O)ccn1Cc1ccccc1. The Morgan fingerprint density at radius 3 is 2.61 bits per heavy atom. The van der Waals surface area contributed by atoms with Crippen molar-refractivity contribution in [1.82, 2.24) is 4.57 Å². The van der Waals surface area contributed by atoms with Crippen molar-refractivity contribution in [2.24, 2.45) is 0 Å². The zero-order valence-electron chi connectivity index (χ0n) is 10.2. The molecule has 1 heterocycles. The van der Waals surface area contributed by atoms with Gasteiger partial charge in [-0.15, -0.1) is 0 Å². The quantitative estimate of drug-likeness (QED) is 0.879. The van der Waals surface area contributed by atoms with E-state index in [0.29, 0.717) is 24.4 Å². The first kappa shape index (κ1) is 12.4. The van der Waals surface area contributed by atoms with E-state index in [1.54, 1.807) is 19.4 Å². The van der Waals surface area contributed by atoms with Gasteiger partial charge in [-0.2, -0.15) is 0 Å². The number of aromatic carboxylic acids is 1. The second kappa shape index (κ2) is 5.51. The number of benzene rings is 1. The van der Waals surface area contributed by atoms with Gasteiger partial charge in [-0.3, -0.25) is 0 Å². The Labute approximate surface area is 105 Å². The second-order valence-electron chi connectivity index (χ2n) is 4.03. The Morgan fingerprint density at radius 1 is 1.28 bits per heavy atom. The lowest BCUT2D eigenvalue weighted by atomic mass is 10.2. The monoisotopic (exact) mass is 245 g/mol. The minimum atomic E-state index is -0.922. The first-order chi connectivity index (χ1) is 8.72. The number of hydrogen-bond acceptors (Lipinski definition) is 2. The smallest absolute Gasteiger partial charge is 0.337 e. The molecule has 18 heavy (non-hydrogen) atoms. The van der Waals surface area contributed by atoms with Gasteiger partial charge in [-0.05, 0) is 11.6 Å². The van der Waals surface area contributed by atoms with Crippen LogP contribution in [0.3, 0.4) is 0 Å². The average Bonchev–Trinajstić information content (AvgIpc) is 2.74. The maximum Gasteiger partial charge on any atom is 0.337 e. The van der Waals surface area contributed by atoms with Crippen LogP contribution in [0.1, 0.15) is 21.6 Å². The van der Waals surface area contributed by atoms with Crippen molar-refractivity contribution in [1.29, 1.82) is 0 Å². The van der Waals surface area contributed by atoms with Gasteiger partial charge in [0.2, 0.25) is 0 Å². The van der Waals surface area contributed by atoms with Crippen LogP contribution in [0.25, 0.3) is 0 Å². The fraction of sp³-hybridized carbons (Fsp3) is 0.214. The van der Waals surface area contributed by atoms with Crippen LogP contribution < -0.4 is 0 Å². The van der Waals surface area contributed by atoms with Crippen molar-refractivity contribution in [3.05, 3.63) is 59.4 Å². The fourth-order valence-corrected chi connectivity index (χ4v) is 1.93. The summed E-state index contributed by atoms with van der Waals surface area (Å²) in [6.07, 6.45) is 1.78. The third-order valence-electron chi connectivity index (χ3n) is 2.79. The van der Waals surface area contributed by atoms with E-state index in [1.807, 2.05) is 34.9 Å². The summed E-state index contributed by atoms with van der Waals surface area (Å²) in [5.41, 5.74) is 2.11. The molecule has 4 nitrogen and oxygen atoms in total. The zero-order chi connectivity index (χ0) is 13.0. The standard InChI is InChI=1S/C14H15NO3/c1-18-10-13-12(14(16)17)7-8-15(13)9-11-5-3-2-4-6-11/h2-8H,9-10H2,1H3,(H,16,17). The maximum atomic E-state index is 11.1. The molecule has 1 aromatic heterocycles. The normalized spacial score (nSPS) is 10.5. The molecule has 0 saturated heterocycles. The summed E-state index contributed by atoms with van der Waals surface area (Å²) < 4.78 is 6.98. The van der Waals surface area contributed by atoms with E-state index in [9.17, 15) is 4.79 Å². The molecule has 0 aliphatic heterocycles. The lowest BCUT2D eigenvalue weighted by molar-refractivity contribution is 0.0691. The molecule has 0 saturated carbocycles. The average molecular weight is 245 g/mol. The first-order valence-electron chi connectivity index (χ1n) is 5.66. The molecule has 2 aromatic rings. The van der Waals surface area contributed by atoms with Crippen LogP contribution in [0.15, 0.2) is 42.6 Å². The Morgan fingerprint density at radius 2 is 2.00 bits per heavy atom. The highest BCUT2D eigenvalue weighted by Gasteiger charge is 2.14. The van der Waals surface area contributed by atoms with E-state index in [1.165, 1.54) is 0 Å². The van der Waals surface area contributed by atoms with Crippen LogP contribution in [-0.2, 0) is 17.9 Å². The maximum absolute atomic E-state index is 11.1. The molecule has 0 amide bonds. The summed E-state index contributed by atoms with van der Waals surface area (Å²) in [7, 11) is 1.56. The van der Waals surface area contributed by atoms with Crippen LogP contribution in [0.2, 0.25) is 0 Å². The van der Waals surface area contributed by atoms with Gasteiger partial charge in [-0.1, -0.05) is 30.3 Å². The summed E-state index contributed by atoms with van der Waals surface area (Å²) in [5.74, 6) is -0.922. The predicted octanol–water partition coefficient (Wildman–Crippen LogP) is 2.38. The Kier molecular flexibility index (Phi) is 3.79. The summed E-state index contributed by atoms with van der Waals surface area (Å²) in [4.78, 5) is 11.1. The van der Waals surface area contributed by atoms with Gasteiger partial charge >= 0.3 is 5.97 Å². The van der Waals surface area contributed by atoms with E-state index in [2.05, 4.69) is 0 Å². The van der Waals surface area contributed by atoms with E-state index in [0.717, 1.165) is 5.56 Å². The van der Waals surface area contributed by atoms with Gasteiger partial charge in [-0.25, -0.2) is 4.79 Å². The highest BCUT2D eigenvalue weighted by molar-refractivity contribution is 5.89. The molecule has 2 rings (SSSR count). The largest absolute Gasteiger partial charge is 0.478 e. The first-order valence-corrected chi connectivity index (χ1v) is 5.66. The molecule has 0 radical (unpaired) electrons. The van der Waals surface area contributed by atoms with Crippen LogP contribution in [0, 0.1) is 0 Å². The van der Waals surface area contributed by atoms with E-state index in [-0.39, 0.29) is 0 Å². The van der Waals surface area contributed by atoms with Crippen molar-refractivity contribution >= 4 is 5.97 Å². The molecule has 0 fully saturated rings. The molecule has 0 bridgehead atoms. The number of ether oxygens (including phenoxy) is 1. The van der Waals surface area contributed by atoms with Crippen molar-refractivity contribution < 1.29 is 14.6 Å². The fourth-order valence-electron chi connectivity index (χ4n) is 1.93. The molecular weight excluding hydrogens is 230 g/mol. The van der Waals surface area contributed by atoms with Crippen molar-refractivity contribution in [2.75, 3.05) is 7.11 Å². The molecule has 0 unspecified atom stereocenters. The summed E-state index contributed by atoms with van der Waals surface area (Å²) in [6, 6.07) is 11.5. The van der Waals surface area contributed by atoms with Crippen molar-refractivity contribution in [3.63, 3.8) is 0 Å². The van der Waals surface area contributed by atoms with Crippen LogP contribution >= 0.6 is 0 Å². The molecule has 0 aliphatic rings. The van der Waals surface area contributed by atoms with Gasteiger partial charge in [0.1, 0.15) is 0 Å². The summed E-state index contributed by atoms with van der Waals surface area (Å²) in [5, 5.41) is 9.10. The van der Waals surface area contributed by atoms with Crippen molar-refractivity contribution in [3.8, 4) is 0 Å². The number of nitrogens with zero attached hydrogens (tertiary/aromatic N) is 1. The topological polar surface area (TPSA) is 51.5 Å². The zero-order valence-corrected chi connectivity index (χ0v) is 10.2. The van der Waals surface area contributed by atoms with E-state index >= 15 is 0 Å². The van der Waals surface area contributed by atoms with Gasteiger partial charge in [0.25, 0.3) is 0 Å². The minimum absolute atomic E-state index is 0.293. The number of carboxylic acid groups (broad SMARTS) is 1. The number of aromatic nitrogens is 1.